The first-order chi connectivity index (χ1) is 13.5. The summed E-state index contributed by atoms with van der Waals surface area (Å²) in [5.41, 5.74) is 1.49. The van der Waals surface area contributed by atoms with Crippen LogP contribution in [0.25, 0.3) is 22.6 Å². The third-order valence-corrected chi connectivity index (χ3v) is 4.49. The Balaban J connectivity index is 1.48. The normalized spacial score (nSPS) is 12.2. The molecule has 1 atom stereocenters. The van der Waals surface area contributed by atoms with Gasteiger partial charge in [-0.05, 0) is 31.2 Å². The highest BCUT2D eigenvalue weighted by molar-refractivity contribution is 6.33. The van der Waals surface area contributed by atoms with Crippen molar-refractivity contribution in [1.82, 2.24) is 14.7 Å². The molecule has 142 valence electrons. The zero-order chi connectivity index (χ0) is 19.7. The van der Waals surface area contributed by atoms with Crippen molar-refractivity contribution in [2.24, 2.45) is 0 Å². The second kappa shape index (κ2) is 7.32. The maximum atomic E-state index is 12.4. The Hall–Kier alpha value is -3.39. The molecule has 0 N–H and O–H groups in total. The van der Waals surface area contributed by atoms with Crippen LogP contribution >= 0.6 is 11.6 Å². The fraction of sp³-hybridized carbons (Fsp3) is 0.158. The van der Waals surface area contributed by atoms with Gasteiger partial charge in [-0.1, -0.05) is 41.0 Å². The number of hydrogen-bond donors (Lipinski definition) is 0. The highest BCUT2D eigenvalue weighted by Crippen LogP contribution is 2.26. The average molecular weight is 400 g/mol. The lowest BCUT2D eigenvalue weighted by Gasteiger charge is -2.11. The van der Waals surface area contributed by atoms with E-state index in [4.69, 9.17) is 25.3 Å². The predicted molar refractivity (Wildman–Crippen MR) is 99.7 cm³/mol. The zero-order valence-electron chi connectivity index (χ0n) is 14.7. The van der Waals surface area contributed by atoms with Gasteiger partial charge in [0.05, 0.1) is 16.1 Å². The number of nitrogens with zero attached hydrogens (tertiary/aromatic N) is 3. The number of benzene rings is 2. The highest BCUT2D eigenvalue weighted by atomic mass is 35.5. The number of hydrogen-bond acceptors (Lipinski definition) is 7. The molecule has 0 aliphatic carbocycles. The maximum Gasteiger partial charge on any atom is 0.420 e. The number of fused-ring (bicyclic) bond motifs is 1. The molecule has 0 saturated heterocycles. The van der Waals surface area contributed by atoms with Gasteiger partial charge in [-0.15, -0.1) is 0 Å². The molecule has 0 amide bonds. The van der Waals surface area contributed by atoms with Crippen LogP contribution in [0.5, 0.6) is 0 Å². The Morgan fingerprint density at radius 3 is 2.79 bits per heavy atom. The molecular formula is C19H14ClN3O5. The Labute approximate surface area is 163 Å². The third-order valence-electron chi connectivity index (χ3n) is 4.16. The van der Waals surface area contributed by atoms with Gasteiger partial charge in [-0.2, -0.15) is 4.98 Å². The van der Waals surface area contributed by atoms with Crippen LogP contribution in [0.3, 0.4) is 0 Å². The zero-order valence-corrected chi connectivity index (χ0v) is 15.4. The maximum absolute atomic E-state index is 12.4. The van der Waals surface area contributed by atoms with Crippen molar-refractivity contribution in [2.75, 3.05) is 0 Å². The number of ether oxygens (including phenoxy) is 1. The smallest absolute Gasteiger partial charge is 0.420 e. The largest absolute Gasteiger partial charge is 0.456 e. The van der Waals surface area contributed by atoms with Crippen molar-refractivity contribution in [1.29, 1.82) is 0 Å². The number of rotatable bonds is 5. The molecule has 0 radical (unpaired) electrons. The van der Waals surface area contributed by atoms with Gasteiger partial charge in [-0.25, -0.2) is 9.59 Å². The van der Waals surface area contributed by atoms with Crippen LogP contribution in [0.2, 0.25) is 5.02 Å². The second-order valence-corrected chi connectivity index (χ2v) is 6.39. The number of para-hydroxylation sites is 2. The Morgan fingerprint density at radius 1 is 1.21 bits per heavy atom. The van der Waals surface area contributed by atoms with Crippen molar-refractivity contribution in [2.45, 2.75) is 19.6 Å². The fourth-order valence-corrected chi connectivity index (χ4v) is 2.99. The molecule has 28 heavy (non-hydrogen) atoms. The number of carbonyl (C=O) groups is 1. The van der Waals surface area contributed by atoms with Gasteiger partial charge in [0, 0.05) is 0 Å². The van der Waals surface area contributed by atoms with E-state index in [1.165, 1.54) is 4.57 Å². The molecule has 8 nitrogen and oxygen atoms in total. The van der Waals surface area contributed by atoms with Crippen LogP contribution in [0, 0.1) is 0 Å². The summed E-state index contributed by atoms with van der Waals surface area (Å²) in [6.45, 7) is 1.35. The second-order valence-electron chi connectivity index (χ2n) is 5.98. The first-order valence-electron chi connectivity index (χ1n) is 8.39. The summed E-state index contributed by atoms with van der Waals surface area (Å²) in [6.07, 6.45) is 0. The van der Waals surface area contributed by atoms with Crippen molar-refractivity contribution in [3.05, 3.63) is 69.9 Å². The summed E-state index contributed by atoms with van der Waals surface area (Å²) in [4.78, 5) is 28.7. The number of aromatic nitrogens is 3. The monoisotopic (exact) mass is 399 g/mol. The first kappa shape index (κ1) is 18.0. The van der Waals surface area contributed by atoms with E-state index in [1.54, 1.807) is 55.5 Å². The van der Waals surface area contributed by atoms with E-state index >= 15 is 0 Å². The van der Waals surface area contributed by atoms with Gasteiger partial charge in [0.15, 0.2) is 12.2 Å². The quantitative estimate of drug-likeness (QED) is 0.472. The first-order valence-corrected chi connectivity index (χ1v) is 8.76. The van der Waals surface area contributed by atoms with Gasteiger partial charge >= 0.3 is 11.7 Å². The lowest BCUT2D eigenvalue weighted by molar-refractivity contribution is -0.148. The van der Waals surface area contributed by atoms with E-state index in [1.807, 2.05) is 0 Å². The van der Waals surface area contributed by atoms with Crippen molar-refractivity contribution in [3.63, 3.8) is 0 Å². The summed E-state index contributed by atoms with van der Waals surface area (Å²) in [7, 11) is 0. The molecule has 2 heterocycles. The molecule has 4 aromatic rings. The summed E-state index contributed by atoms with van der Waals surface area (Å²) >= 11 is 6.10. The van der Waals surface area contributed by atoms with Crippen LogP contribution < -0.4 is 5.76 Å². The summed E-state index contributed by atoms with van der Waals surface area (Å²) in [5.74, 6) is -0.856. The lowest BCUT2D eigenvalue weighted by atomic mass is 10.2. The van der Waals surface area contributed by atoms with E-state index in [9.17, 15) is 9.59 Å². The van der Waals surface area contributed by atoms with E-state index < -0.39 is 17.8 Å². The SMILES string of the molecule is CC(C(=O)OCc1noc(-c2ccccc2Cl)n1)n1c(=O)oc2ccccc21. The highest BCUT2D eigenvalue weighted by Gasteiger charge is 2.23. The van der Waals surface area contributed by atoms with Gasteiger partial charge in [0.1, 0.15) is 6.04 Å². The average Bonchev–Trinajstić information content (AvgIpc) is 3.29. The Kier molecular flexibility index (Phi) is 4.70. The summed E-state index contributed by atoms with van der Waals surface area (Å²) < 4.78 is 16.8. The van der Waals surface area contributed by atoms with Gasteiger partial charge < -0.3 is 13.7 Å². The van der Waals surface area contributed by atoms with Gasteiger partial charge in [0.25, 0.3) is 5.89 Å². The molecule has 4 rings (SSSR count). The third kappa shape index (κ3) is 3.29. The standard InChI is InChI=1S/C19H14ClN3O5/c1-11(23-14-8-4-5-9-15(14)27-19(23)25)18(24)26-10-16-21-17(28-22-16)12-6-2-3-7-13(12)20/h2-9,11H,10H2,1H3. The van der Waals surface area contributed by atoms with Crippen LogP contribution in [0.15, 0.2) is 62.3 Å². The van der Waals surface area contributed by atoms with E-state index in [0.29, 0.717) is 21.7 Å². The van der Waals surface area contributed by atoms with Gasteiger partial charge in [-0.3, -0.25) is 4.57 Å². The molecule has 9 heteroatoms. The topological polar surface area (TPSA) is 100 Å². The molecule has 0 bridgehead atoms. The van der Waals surface area contributed by atoms with Crippen LogP contribution in [0.4, 0.5) is 0 Å². The van der Waals surface area contributed by atoms with Crippen LogP contribution in [-0.2, 0) is 16.1 Å². The fourth-order valence-electron chi connectivity index (χ4n) is 2.77. The molecule has 1 unspecified atom stereocenters. The van der Waals surface area contributed by atoms with E-state index in [-0.39, 0.29) is 18.3 Å². The van der Waals surface area contributed by atoms with Crippen LogP contribution in [0.1, 0.15) is 18.8 Å². The van der Waals surface area contributed by atoms with Crippen LogP contribution in [-0.4, -0.2) is 20.7 Å². The van der Waals surface area contributed by atoms with E-state index in [2.05, 4.69) is 10.1 Å². The minimum Gasteiger partial charge on any atom is -0.456 e. The molecule has 0 saturated carbocycles. The molecule has 0 spiro atoms. The van der Waals surface area contributed by atoms with E-state index in [0.717, 1.165) is 0 Å². The Bertz CT molecular complexity index is 1210. The van der Waals surface area contributed by atoms with Gasteiger partial charge in [0.2, 0.25) is 5.82 Å². The lowest BCUT2D eigenvalue weighted by Crippen LogP contribution is -2.26. The summed E-state index contributed by atoms with van der Waals surface area (Å²) in [5, 5.41) is 4.25. The minimum atomic E-state index is -0.883. The number of esters is 1. The molecule has 2 aromatic heterocycles. The number of carbonyl (C=O) groups excluding carboxylic acids is 1. The van der Waals surface area contributed by atoms with Crippen molar-refractivity contribution < 1.29 is 18.5 Å². The molecule has 0 fully saturated rings. The number of oxazole rings is 1. The van der Waals surface area contributed by atoms with Crippen molar-refractivity contribution in [3.8, 4) is 11.5 Å². The summed E-state index contributed by atoms with van der Waals surface area (Å²) in [6, 6.07) is 13.0. The molecule has 0 aliphatic heterocycles. The molecule has 2 aromatic carbocycles. The predicted octanol–water partition coefficient (Wildman–Crippen LogP) is 3.60. The Morgan fingerprint density at radius 2 is 1.96 bits per heavy atom. The van der Waals surface area contributed by atoms with Crippen molar-refractivity contribution >= 4 is 28.7 Å². The minimum absolute atomic E-state index is 0.180. The molecule has 0 aliphatic rings. The number of halogens is 1. The molecular weight excluding hydrogens is 386 g/mol.